The minimum absolute atomic E-state index is 0.483. The van der Waals surface area contributed by atoms with Crippen molar-refractivity contribution in [3.63, 3.8) is 0 Å². The first-order valence-corrected chi connectivity index (χ1v) is 4.51. The zero-order chi connectivity index (χ0) is 11.4. The van der Waals surface area contributed by atoms with Gasteiger partial charge in [-0.3, -0.25) is 9.78 Å². The standard InChI is InChI=1S/C10H13NO4/c1-6-5-11-3-2-7(6)10(15)8(12)4-9(13)14/h2-3,5,8,10,12,15H,4H2,1H3,(H,13,14). The molecule has 15 heavy (non-hydrogen) atoms. The van der Waals surface area contributed by atoms with Crippen molar-refractivity contribution in [3.8, 4) is 0 Å². The Morgan fingerprint density at radius 2 is 2.20 bits per heavy atom. The van der Waals surface area contributed by atoms with E-state index in [4.69, 9.17) is 5.11 Å². The number of aliphatic carboxylic acids is 1. The summed E-state index contributed by atoms with van der Waals surface area (Å²) in [6.07, 6.45) is 0.0567. The number of aliphatic hydroxyl groups excluding tert-OH is 2. The van der Waals surface area contributed by atoms with Crippen LogP contribution < -0.4 is 0 Å². The topological polar surface area (TPSA) is 90.7 Å². The van der Waals surface area contributed by atoms with Crippen LogP contribution >= 0.6 is 0 Å². The molecule has 5 heteroatoms. The van der Waals surface area contributed by atoms with Crippen LogP contribution in [-0.4, -0.2) is 32.4 Å². The van der Waals surface area contributed by atoms with Gasteiger partial charge in [0.15, 0.2) is 0 Å². The van der Waals surface area contributed by atoms with Crippen LogP contribution in [0.15, 0.2) is 18.5 Å². The van der Waals surface area contributed by atoms with Gasteiger partial charge in [0.05, 0.1) is 12.5 Å². The first-order chi connectivity index (χ1) is 7.02. The van der Waals surface area contributed by atoms with Crippen LogP contribution in [0.3, 0.4) is 0 Å². The molecule has 1 rings (SSSR count). The van der Waals surface area contributed by atoms with Crippen LogP contribution in [0.4, 0.5) is 0 Å². The molecule has 2 atom stereocenters. The minimum Gasteiger partial charge on any atom is -0.481 e. The summed E-state index contributed by atoms with van der Waals surface area (Å²) >= 11 is 0. The van der Waals surface area contributed by atoms with Gasteiger partial charge in [0, 0.05) is 12.4 Å². The predicted molar refractivity (Wildman–Crippen MR) is 52.2 cm³/mol. The Morgan fingerprint density at radius 3 is 2.73 bits per heavy atom. The average molecular weight is 211 g/mol. The van der Waals surface area contributed by atoms with E-state index in [1.807, 2.05) is 0 Å². The van der Waals surface area contributed by atoms with Gasteiger partial charge in [-0.25, -0.2) is 0 Å². The van der Waals surface area contributed by atoms with Gasteiger partial charge in [0.25, 0.3) is 0 Å². The largest absolute Gasteiger partial charge is 0.481 e. The van der Waals surface area contributed by atoms with Gasteiger partial charge in [-0.05, 0) is 24.1 Å². The molecule has 0 bridgehead atoms. The molecule has 5 nitrogen and oxygen atoms in total. The third-order valence-electron chi connectivity index (χ3n) is 2.13. The maximum absolute atomic E-state index is 10.3. The fourth-order valence-corrected chi connectivity index (χ4v) is 1.31. The summed E-state index contributed by atoms with van der Waals surface area (Å²) in [4.78, 5) is 14.2. The smallest absolute Gasteiger partial charge is 0.306 e. The predicted octanol–water partition coefficient (Wildman–Crippen LogP) is 0.259. The first kappa shape index (κ1) is 11.6. The van der Waals surface area contributed by atoms with E-state index in [2.05, 4.69) is 4.98 Å². The molecule has 0 amide bonds. The maximum atomic E-state index is 10.3. The monoisotopic (exact) mass is 211 g/mol. The zero-order valence-corrected chi connectivity index (χ0v) is 8.29. The van der Waals surface area contributed by atoms with Gasteiger partial charge in [-0.2, -0.15) is 0 Å². The molecule has 0 aliphatic carbocycles. The van der Waals surface area contributed by atoms with Crippen molar-refractivity contribution in [1.82, 2.24) is 4.98 Å². The van der Waals surface area contributed by atoms with E-state index in [-0.39, 0.29) is 0 Å². The summed E-state index contributed by atoms with van der Waals surface area (Å²) in [5.41, 5.74) is 1.22. The van der Waals surface area contributed by atoms with E-state index in [1.165, 1.54) is 6.20 Å². The average Bonchev–Trinajstić information content (AvgIpc) is 2.16. The second-order valence-corrected chi connectivity index (χ2v) is 3.34. The van der Waals surface area contributed by atoms with Crippen molar-refractivity contribution >= 4 is 5.97 Å². The molecule has 82 valence electrons. The SMILES string of the molecule is Cc1cnccc1C(O)C(O)CC(=O)O. The highest BCUT2D eigenvalue weighted by Gasteiger charge is 2.22. The lowest BCUT2D eigenvalue weighted by Crippen LogP contribution is -2.22. The second kappa shape index (κ2) is 4.86. The van der Waals surface area contributed by atoms with Gasteiger partial charge in [0.1, 0.15) is 6.10 Å². The highest BCUT2D eigenvalue weighted by atomic mass is 16.4. The highest BCUT2D eigenvalue weighted by molar-refractivity contribution is 5.67. The third kappa shape index (κ3) is 3.00. The number of carboxylic acids is 1. The Morgan fingerprint density at radius 1 is 1.53 bits per heavy atom. The molecule has 0 aliphatic heterocycles. The molecule has 0 fully saturated rings. The van der Waals surface area contributed by atoms with E-state index < -0.39 is 24.6 Å². The summed E-state index contributed by atoms with van der Waals surface area (Å²) in [6.45, 7) is 1.74. The molecule has 0 spiro atoms. The Balaban J connectivity index is 2.80. The van der Waals surface area contributed by atoms with Crippen molar-refractivity contribution < 1.29 is 20.1 Å². The second-order valence-electron chi connectivity index (χ2n) is 3.34. The lowest BCUT2D eigenvalue weighted by atomic mass is 10.00. The summed E-state index contributed by atoms with van der Waals surface area (Å²) in [5.74, 6) is -1.15. The number of carboxylic acid groups (broad SMARTS) is 1. The van der Waals surface area contributed by atoms with Crippen LogP contribution in [0, 0.1) is 6.92 Å². The van der Waals surface area contributed by atoms with Crippen molar-refractivity contribution in [2.45, 2.75) is 25.6 Å². The fourth-order valence-electron chi connectivity index (χ4n) is 1.31. The van der Waals surface area contributed by atoms with Crippen LogP contribution in [0.5, 0.6) is 0 Å². The Labute approximate surface area is 87.0 Å². The molecule has 0 saturated carbocycles. The van der Waals surface area contributed by atoms with Crippen molar-refractivity contribution in [1.29, 1.82) is 0 Å². The van der Waals surface area contributed by atoms with Gasteiger partial charge >= 0.3 is 5.97 Å². The number of carbonyl (C=O) groups is 1. The molecule has 0 aliphatic rings. The molecule has 0 aromatic carbocycles. The number of nitrogens with zero attached hydrogens (tertiary/aromatic N) is 1. The van der Waals surface area contributed by atoms with E-state index in [9.17, 15) is 15.0 Å². The van der Waals surface area contributed by atoms with Crippen LogP contribution in [-0.2, 0) is 4.79 Å². The quantitative estimate of drug-likeness (QED) is 0.664. The van der Waals surface area contributed by atoms with Crippen molar-refractivity contribution in [3.05, 3.63) is 29.6 Å². The Bertz CT molecular complexity index is 353. The van der Waals surface area contributed by atoms with Crippen LogP contribution in [0.2, 0.25) is 0 Å². The van der Waals surface area contributed by atoms with Crippen LogP contribution in [0.25, 0.3) is 0 Å². The van der Waals surface area contributed by atoms with E-state index >= 15 is 0 Å². The number of aromatic nitrogens is 1. The molecule has 1 heterocycles. The number of hydrogen-bond donors (Lipinski definition) is 3. The summed E-state index contributed by atoms with van der Waals surface area (Å²) in [6, 6.07) is 1.56. The fraction of sp³-hybridized carbons (Fsp3) is 0.400. The lowest BCUT2D eigenvalue weighted by Gasteiger charge is -2.17. The maximum Gasteiger partial charge on any atom is 0.306 e. The van der Waals surface area contributed by atoms with Gasteiger partial charge in [0.2, 0.25) is 0 Å². The number of rotatable bonds is 4. The molecule has 0 saturated heterocycles. The third-order valence-corrected chi connectivity index (χ3v) is 2.13. The van der Waals surface area contributed by atoms with Crippen molar-refractivity contribution in [2.75, 3.05) is 0 Å². The molecular formula is C10H13NO4. The summed E-state index contributed by atoms with van der Waals surface area (Å²) in [5, 5.41) is 27.6. The number of aliphatic hydroxyl groups is 2. The Kier molecular flexibility index (Phi) is 3.76. The lowest BCUT2D eigenvalue weighted by molar-refractivity contribution is -0.141. The molecule has 1 aromatic heterocycles. The zero-order valence-electron chi connectivity index (χ0n) is 8.29. The normalized spacial score (nSPS) is 14.6. The molecule has 3 N–H and O–H groups in total. The summed E-state index contributed by atoms with van der Waals surface area (Å²) < 4.78 is 0. The number of hydrogen-bond acceptors (Lipinski definition) is 4. The minimum atomic E-state index is -1.30. The molecule has 0 radical (unpaired) electrons. The molecule has 1 aromatic rings. The molecule has 2 unspecified atom stereocenters. The van der Waals surface area contributed by atoms with Gasteiger partial charge in [-0.1, -0.05) is 0 Å². The highest BCUT2D eigenvalue weighted by Crippen LogP contribution is 2.21. The molecular weight excluding hydrogens is 198 g/mol. The van der Waals surface area contributed by atoms with Crippen LogP contribution in [0.1, 0.15) is 23.7 Å². The Hall–Kier alpha value is -1.46. The summed E-state index contributed by atoms with van der Waals surface area (Å²) in [7, 11) is 0. The van der Waals surface area contributed by atoms with Crippen molar-refractivity contribution in [2.24, 2.45) is 0 Å². The number of pyridine rings is 1. The number of aryl methyl sites for hydroxylation is 1. The van der Waals surface area contributed by atoms with E-state index in [1.54, 1.807) is 19.2 Å². The first-order valence-electron chi connectivity index (χ1n) is 4.51. The van der Waals surface area contributed by atoms with Gasteiger partial charge in [-0.15, -0.1) is 0 Å². The van der Waals surface area contributed by atoms with Gasteiger partial charge < -0.3 is 15.3 Å². The van der Waals surface area contributed by atoms with E-state index in [0.717, 1.165) is 5.56 Å². The van der Waals surface area contributed by atoms with E-state index in [0.29, 0.717) is 5.56 Å².